The molecule has 6 nitrogen and oxygen atoms in total. The predicted molar refractivity (Wildman–Crippen MR) is 106 cm³/mol. The molecule has 1 amide bonds. The summed E-state index contributed by atoms with van der Waals surface area (Å²) in [6, 6.07) is 12.4. The van der Waals surface area contributed by atoms with Crippen LogP contribution in [0.2, 0.25) is 0 Å². The third kappa shape index (κ3) is 5.50. The molecule has 3 rings (SSSR count). The Kier molecular flexibility index (Phi) is 6.76. The van der Waals surface area contributed by atoms with Crippen LogP contribution in [-0.2, 0) is 11.2 Å². The number of carbonyl (C=O) groups excluding carboxylic acids is 1. The fourth-order valence-corrected chi connectivity index (χ4v) is 3.45. The van der Waals surface area contributed by atoms with Crippen molar-refractivity contribution in [2.75, 3.05) is 38.3 Å². The van der Waals surface area contributed by atoms with Crippen molar-refractivity contribution in [2.45, 2.75) is 26.2 Å². The smallest absolute Gasteiger partial charge is 0.270 e. The van der Waals surface area contributed by atoms with E-state index in [1.807, 2.05) is 6.92 Å². The van der Waals surface area contributed by atoms with E-state index in [0.29, 0.717) is 30.7 Å². The number of nitrogens with one attached hydrogen (secondary N) is 1. The maximum atomic E-state index is 12.3. The highest BCUT2D eigenvalue weighted by molar-refractivity contribution is 5.92. The molecule has 144 valence electrons. The number of anilines is 1. The van der Waals surface area contributed by atoms with Gasteiger partial charge in [-0.15, -0.1) is 0 Å². The summed E-state index contributed by atoms with van der Waals surface area (Å²) >= 11 is 0. The molecule has 1 aromatic carbocycles. The Bertz CT molecular complexity index is 743. The van der Waals surface area contributed by atoms with Crippen LogP contribution in [0, 0.1) is 12.8 Å². The summed E-state index contributed by atoms with van der Waals surface area (Å²) in [5.41, 5.74) is 2.63. The number of amides is 1. The second-order valence-corrected chi connectivity index (χ2v) is 7.06. The summed E-state index contributed by atoms with van der Waals surface area (Å²) in [7, 11) is 1.61. The van der Waals surface area contributed by atoms with Gasteiger partial charge in [0.1, 0.15) is 5.69 Å². The zero-order valence-electron chi connectivity index (χ0n) is 16.1. The lowest BCUT2D eigenvalue weighted by Gasteiger charge is -2.32. The molecule has 0 bridgehead atoms. The lowest BCUT2D eigenvalue weighted by Crippen LogP contribution is -2.36. The number of hydrogen-bond acceptors (Lipinski definition) is 5. The number of piperidine rings is 1. The molecule has 1 N–H and O–H groups in total. The van der Waals surface area contributed by atoms with E-state index in [0.717, 1.165) is 38.0 Å². The second kappa shape index (κ2) is 9.46. The number of benzene rings is 1. The third-order valence-electron chi connectivity index (χ3n) is 4.93. The maximum absolute atomic E-state index is 12.3. The van der Waals surface area contributed by atoms with Crippen LogP contribution in [0.15, 0.2) is 36.4 Å². The normalized spacial score (nSPS) is 15.0. The van der Waals surface area contributed by atoms with E-state index in [-0.39, 0.29) is 5.91 Å². The van der Waals surface area contributed by atoms with Crippen molar-refractivity contribution in [2.24, 2.45) is 5.92 Å². The van der Waals surface area contributed by atoms with Crippen molar-refractivity contribution in [3.05, 3.63) is 53.3 Å². The van der Waals surface area contributed by atoms with Crippen molar-refractivity contribution >= 4 is 11.9 Å². The Labute approximate surface area is 161 Å². The number of aromatic nitrogens is 2. The number of hydrogen-bond donors (Lipinski definition) is 1. The Morgan fingerprint density at radius 3 is 2.67 bits per heavy atom. The minimum atomic E-state index is -0.183. The Morgan fingerprint density at radius 1 is 1.22 bits per heavy atom. The number of methoxy groups -OCH3 is 1. The number of carbonyl (C=O) groups is 1. The zero-order chi connectivity index (χ0) is 19.1. The van der Waals surface area contributed by atoms with Crippen LogP contribution < -0.4 is 10.2 Å². The number of nitrogens with zero attached hydrogens (tertiary/aromatic N) is 3. The van der Waals surface area contributed by atoms with E-state index in [1.54, 1.807) is 13.2 Å². The summed E-state index contributed by atoms with van der Waals surface area (Å²) in [6.07, 6.45) is 3.35. The molecule has 1 aromatic heterocycles. The minimum absolute atomic E-state index is 0.183. The quantitative estimate of drug-likeness (QED) is 0.761. The van der Waals surface area contributed by atoms with Gasteiger partial charge in [-0.1, -0.05) is 30.3 Å². The lowest BCUT2D eigenvalue weighted by molar-refractivity contribution is 0.0932. The van der Waals surface area contributed by atoms with Gasteiger partial charge in [0.15, 0.2) is 0 Å². The fraction of sp³-hybridized carbons (Fsp3) is 0.476. The molecule has 0 atom stereocenters. The SMILES string of the molecule is COCCNC(=O)c1cc(C)nc(N2CCC(Cc3ccccc3)CC2)n1. The predicted octanol–water partition coefficient (Wildman–Crippen LogP) is 2.62. The number of rotatable bonds is 7. The first-order chi connectivity index (χ1) is 13.2. The second-order valence-electron chi connectivity index (χ2n) is 7.06. The molecule has 27 heavy (non-hydrogen) atoms. The van der Waals surface area contributed by atoms with Gasteiger partial charge in [-0.2, -0.15) is 0 Å². The fourth-order valence-electron chi connectivity index (χ4n) is 3.45. The molecule has 1 saturated heterocycles. The van der Waals surface area contributed by atoms with Crippen molar-refractivity contribution in [3.8, 4) is 0 Å². The van der Waals surface area contributed by atoms with Gasteiger partial charge in [-0.05, 0) is 43.7 Å². The summed E-state index contributed by atoms with van der Waals surface area (Å²) in [5.74, 6) is 1.16. The summed E-state index contributed by atoms with van der Waals surface area (Å²) in [5, 5.41) is 2.82. The molecule has 2 aromatic rings. The topological polar surface area (TPSA) is 67.3 Å². The molecular weight excluding hydrogens is 340 g/mol. The first-order valence-corrected chi connectivity index (χ1v) is 9.57. The molecular formula is C21H28N4O2. The monoisotopic (exact) mass is 368 g/mol. The summed E-state index contributed by atoms with van der Waals surface area (Å²) in [6.45, 7) is 4.70. The minimum Gasteiger partial charge on any atom is -0.383 e. The molecule has 0 saturated carbocycles. The van der Waals surface area contributed by atoms with E-state index in [2.05, 4.69) is 50.5 Å². The van der Waals surface area contributed by atoms with Crippen LogP contribution in [0.25, 0.3) is 0 Å². The van der Waals surface area contributed by atoms with Crippen LogP contribution in [0.1, 0.15) is 34.6 Å². The zero-order valence-corrected chi connectivity index (χ0v) is 16.1. The molecule has 0 unspecified atom stereocenters. The van der Waals surface area contributed by atoms with Crippen molar-refractivity contribution in [1.29, 1.82) is 0 Å². The van der Waals surface area contributed by atoms with Crippen LogP contribution in [-0.4, -0.2) is 49.2 Å². The van der Waals surface area contributed by atoms with Crippen molar-refractivity contribution in [1.82, 2.24) is 15.3 Å². The average molecular weight is 368 g/mol. The number of aryl methyl sites for hydroxylation is 1. The van der Waals surface area contributed by atoms with E-state index in [9.17, 15) is 4.79 Å². The van der Waals surface area contributed by atoms with Gasteiger partial charge in [0.2, 0.25) is 5.95 Å². The van der Waals surface area contributed by atoms with Gasteiger partial charge >= 0.3 is 0 Å². The van der Waals surface area contributed by atoms with E-state index in [1.165, 1.54) is 5.56 Å². The van der Waals surface area contributed by atoms with Gasteiger partial charge in [-0.25, -0.2) is 9.97 Å². The van der Waals surface area contributed by atoms with E-state index in [4.69, 9.17) is 4.74 Å². The molecule has 0 aliphatic carbocycles. The van der Waals surface area contributed by atoms with Crippen LogP contribution in [0.4, 0.5) is 5.95 Å². The largest absolute Gasteiger partial charge is 0.383 e. The van der Waals surface area contributed by atoms with E-state index >= 15 is 0 Å². The Hall–Kier alpha value is -2.47. The molecule has 1 aliphatic rings. The highest BCUT2D eigenvalue weighted by Crippen LogP contribution is 2.24. The first kappa shape index (κ1) is 19.3. The van der Waals surface area contributed by atoms with Gasteiger partial charge < -0.3 is 15.0 Å². The van der Waals surface area contributed by atoms with Gasteiger partial charge in [0.05, 0.1) is 6.61 Å². The van der Waals surface area contributed by atoms with Crippen molar-refractivity contribution < 1.29 is 9.53 Å². The third-order valence-corrected chi connectivity index (χ3v) is 4.93. The molecule has 6 heteroatoms. The lowest BCUT2D eigenvalue weighted by atomic mass is 9.90. The Balaban J connectivity index is 1.59. The van der Waals surface area contributed by atoms with Gasteiger partial charge in [-0.3, -0.25) is 4.79 Å². The maximum Gasteiger partial charge on any atom is 0.270 e. The highest BCUT2D eigenvalue weighted by Gasteiger charge is 2.22. The molecule has 1 fully saturated rings. The molecule has 0 spiro atoms. The van der Waals surface area contributed by atoms with Gasteiger partial charge in [0, 0.05) is 32.4 Å². The molecule has 0 radical (unpaired) electrons. The van der Waals surface area contributed by atoms with Crippen molar-refractivity contribution in [3.63, 3.8) is 0 Å². The molecule has 1 aliphatic heterocycles. The average Bonchev–Trinajstić information content (AvgIpc) is 2.69. The van der Waals surface area contributed by atoms with Gasteiger partial charge in [0.25, 0.3) is 5.91 Å². The molecule has 2 heterocycles. The number of ether oxygens (including phenoxy) is 1. The van der Waals surface area contributed by atoms with E-state index < -0.39 is 0 Å². The first-order valence-electron chi connectivity index (χ1n) is 9.57. The van der Waals surface area contributed by atoms with Crippen LogP contribution in [0.5, 0.6) is 0 Å². The Morgan fingerprint density at radius 2 is 1.96 bits per heavy atom. The summed E-state index contributed by atoms with van der Waals surface area (Å²) in [4.78, 5) is 23.5. The van der Waals surface area contributed by atoms with Crippen LogP contribution in [0.3, 0.4) is 0 Å². The standard InChI is InChI=1S/C21H28N4O2/c1-16-14-19(20(26)22-10-13-27-2)24-21(23-16)25-11-8-18(9-12-25)15-17-6-4-3-5-7-17/h3-7,14,18H,8-13,15H2,1-2H3,(H,22,26). The van der Waals surface area contributed by atoms with Crippen LogP contribution >= 0.6 is 0 Å². The summed E-state index contributed by atoms with van der Waals surface area (Å²) < 4.78 is 4.97. The highest BCUT2D eigenvalue weighted by atomic mass is 16.5.